The van der Waals surface area contributed by atoms with E-state index in [-0.39, 0.29) is 11.3 Å². The molecule has 1 aromatic carbocycles. The summed E-state index contributed by atoms with van der Waals surface area (Å²) in [5, 5.41) is 7.14. The van der Waals surface area contributed by atoms with Crippen molar-refractivity contribution in [2.45, 2.75) is 0 Å². The second-order valence-electron chi connectivity index (χ2n) is 2.32. The normalized spacial score (nSPS) is 10.9. The fraction of sp³-hybridized carbons (Fsp3) is 0. The first-order chi connectivity index (χ1) is 5.68. The minimum atomic E-state index is -0.387. The summed E-state index contributed by atoms with van der Waals surface area (Å²) >= 11 is 8.87. The van der Waals surface area contributed by atoms with Crippen LogP contribution < -0.4 is 0 Å². The third-order valence-electron chi connectivity index (χ3n) is 1.53. The molecule has 0 unspecified atom stereocenters. The predicted octanol–water partition coefficient (Wildman–Crippen LogP) is 3.12. The number of hydrogen-bond acceptors (Lipinski definition) is 1. The molecule has 0 saturated heterocycles. The SMILES string of the molecule is Fc1cc(Br)cc2c(Cl)[nH]nc12. The van der Waals surface area contributed by atoms with E-state index < -0.39 is 0 Å². The van der Waals surface area contributed by atoms with Crippen molar-refractivity contribution in [2.24, 2.45) is 0 Å². The molecule has 0 fully saturated rings. The number of aromatic nitrogens is 2. The third kappa shape index (κ3) is 1.11. The van der Waals surface area contributed by atoms with E-state index in [4.69, 9.17) is 11.6 Å². The van der Waals surface area contributed by atoms with Crippen LogP contribution in [0.4, 0.5) is 4.39 Å². The first-order valence-corrected chi connectivity index (χ1v) is 4.34. The Morgan fingerprint density at radius 3 is 3.00 bits per heavy atom. The van der Waals surface area contributed by atoms with E-state index >= 15 is 0 Å². The fourth-order valence-corrected chi connectivity index (χ4v) is 1.63. The van der Waals surface area contributed by atoms with Crippen LogP contribution in [0.25, 0.3) is 10.9 Å². The fourth-order valence-electron chi connectivity index (χ4n) is 1.01. The van der Waals surface area contributed by atoms with E-state index in [1.807, 2.05) is 0 Å². The molecule has 0 atom stereocenters. The van der Waals surface area contributed by atoms with Crippen LogP contribution >= 0.6 is 27.5 Å². The van der Waals surface area contributed by atoms with Crippen LogP contribution in [-0.2, 0) is 0 Å². The summed E-state index contributed by atoms with van der Waals surface area (Å²) in [5.74, 6) is -0.387. The number of hydrogen-bond donors (Lipinski definition) is 1. The second-order valence-corrected chi connectivity index (χ2v) is 3.62. The van der Waals surface area contributed by atoms with E-state index in [0.717, 1.165) is 0 Å². The number of nitrogens with zero attached hydrogens (tertiary/aromatic N) is 1. The Hall–Kier alpha value is -0.610. The second kappa shape index (κ2) is 2.71. The number of aromatic amines is 1. The zero-order valence-corrected chi connectivity index (χ0v) is 8.08. The van der Waals surface area contributed by atoms with Crippen molar-refractivity contribution < 1.29 is 4.39 Å². The molecular weight excluding hydrogens is 246 g/mol. The number of rotatable bonds is 0. The number of nitrogens with one attached hydrogen (secondary N) is 1. The standard InChI is InChI=1S/C7H3BrClFN2/c8-3-1-4-6(5(10)2-3)11-12-7(4)9/h1-2H,(H,11,12). The molecule has 0 aliphatic rings. The maximum absolute atomic E-state index is 13.1. The summed E-state index contributed by atoms with van der Waals surface area (Å²) in [6.45, 7) is 0. The van der Waals surface area contributed by atoms with Crippen LogP contribution in [-0.4, -0.2) is 10.2 Å². The van der Waals surface area contributed by atoms with Gasteiger partial charge in [-0.2, -0.15) is 5.10 Å². The van der Waals surface area contributed by atoms with Gasteiger partial charge in [0.25, 0.3) is 0 Å². The molecule has 0 aliphatic heterocycles. The molecule has 0 saturated carbocycles. The van der Waals surface area contributed by atoms with Crippen LogP contribution in [0.15, 0.2) is 16.6 Å². The lowest BCUT2D eigenvalue weighted by molar-refractivity contribution is 0.635. The summed E-state index contributed by atoms with van der Waals surface area (Å²) in [4.78, 5) is 0. The largest absolute Gasteiger partial charge is 0.266 e. The van der Waals surface area contributed by atoms with E-state index in [0.29, 0.717) is 15.0 Å². The predicted molar refractivity (Wildman–Crippen MR) is 48.8 cm³/mol. The highest BCUT2D eigenvalue weighted by molar-refractivity contribution is 9.10. The Kier molecular flexibility index (Phi) is 1.81. The first-order valence-electron chi connectivity index (χ1n) is 3.17. The van der Waals surface area contributed by atoms with E-state index in [1.54, 1.807) is 6.07 Å². The summed E-state index contributed by atoms with van der Waals surface area (Å²) in [6, 6.07) is 3.06. The molecule has 1 N–H and O–H groups in total. The van der Waals surface area contributed by atoms with Gasteiger partial charge in [-0.15, -0.1) is 0 Å². The number of H-pyrrole nitrogens is 1. The summed E-state index contributed by atoms with van der Waals surface area (Å²) in [5.41, 5.74) is 0.267. The zero-order valence-electron chi connectivity index (χ0n) is 5.74. The molecule has 1 aromatic heterocycles. The molecule has 0 amide bonds. The van der Waals surface area contributed by atoms with Crippen molar-refractivity contribution in [1.82, 2.24) is 10.2 Å². The highest BCUT2D eigenvalue weighted by atomic mass is 79.9. The Morgan fingerprint density at radius 2 is 2.25 bits per heavy atom. The highest BCUT2D eigenvalue weighted by Crippen LogP contribution is 2.26. The van der Waals surface area contributed by atoms with Crippen LogP contribution in [0.3, 0.4) is 0 Å². The first kappa shape index (κ1) is 8.01. The van der Waals surface area contributed by atoms with Gasteiger partial charge in [0.15, 0.2) is 5.82 Å². The van der Waals surface area contributed by atoms with Crippen LogP contribution in [0.2, 0.25) is 5.15 Å². The van der Waals surface area contributed by atoms with Gasteiger partial charge in [0.05, 0.1) is 0 Å². The molecule has 2 nitrogen and oxygen atoms in total. The van der Waals surface area contributed by atoms with Gasteiger partial charge in [-0.3, -0.25) is 5.10 Å². The molecule has 0 aliphatic carbocycles. The third-order valence-corrected chi connectivity index (χ3v) is 2.28. The van der Waals surface area contributed by atoms with Crippen LogP contribution in [0.1, 0.15) is 0 Å². The van der Waals surface area contributed by atoms with Crippen LogP contribution in [0, 0.1) is 5.82 Å². The van der Waals surface area contributed by atoms with Gasteiger partial charge >= 0.3 is 0 Å². The molecule has 2 aromatic rings. The Balaban J connectivity index is 2.92. The molecule has 62 valence electrons. The summed E-state index contributed by atoms with van der Waals surface area (Å²) in [6.07, 6.45) is 0. The molecule has 1 heterocycles. The average Bonchev–Trinajstić information content (AvgIpc) is 2.33. The molecule has 0 spiro atoms. The molecule has 0 radical (unpaired) electrons. The van der Waals surface area contributed by atoms with Crippen molar-refractivity contribution in [3.05, 3.63) is 27.6 Å². The Bertz CT molecular complexity index is 440. The quantitative estimate of drug-likeness (QED) is 0.763. The lowest BCUT2D eigenvalue weighted by Gasteiger charge is -1.92. The molecule has 12 heavy (non-hydrogen) atoms. The molecule has 0 bridgehead atoms. The van der Waals surface area contributed by atoms with Gasteiger partial charge in [-0.1, -0.05) is 27.5 Å². The van der Waals surface area contributed by atoms with Gasteiger partial charge < -0.3 is 0 Å². The molecule has 2 rings (SSSR count). The Morgan fingerprint density at radius 1 is 1.50 bits per heavy atom. The molecule has 5 heteroatoms. The van der Waals surface area contributed by atoms with Crippen LogP contribution in [0.5, 0.6) is 0 Å². The van der Waals surface area contributed by atoms with Crippen molar-refractivity contribution in [3.8, 4) is 0 Å². The van der Waals surface area contributed by atoms with Crippen molar-refractivity contribution >= 4 is 38.4 Å². The summed E-state index contributed by atoms with van der Waals surface area (Å²) < 4.78 is 13.7. The average molecular weight is 249 g/mol. The maximum Gasteiger partial charge on any atom is 0.152 e. The lowest BCUT2D eigenvalue weighted by Crippen LogP contribution is -1.77. The Labute approximate surface area is 80.8 Å². The maximum atomic E-state index is 13.1. The van der Waals surface area contributed by atoms with Gasteiger partial charge in [-0.05, 0) is 12.1 Å². The highest BCUT2D eigenvalue weighted by Gasteiger charge is 2.08. The lowest BCUT2D eigenvalue weighted by atomic mass is 10.2. The van der Waals surface area contributed by atoms with E-state index in [9.17, 15) is 4.39 Å². The van der Waals surface area contributed by atoms with Gasteiger partial charge in [0.2, 0.25) is 0 Å². The van der Waals surface area contributed by atoms with Gasteiger partial charge in [0, 0.05) is 9.86 Å². The van der Waals surface area contributed by atoms with E-state index in [2.05, 4.69) is 26.1 Å². The van der Waals surface area contributed by atoms with Gasteiger partial charge in [-0.25, -0.2) is 4.39 Å². The summed E-state index contributed by atoms with van der Waals surface area (Å²) in [7, 11) is 0. The topological polar surface area (TPSA) is 28.7 Å². The van der Waals surface area contributed by atoms with Crippen molar-refractivity contribution in [1.29, 1.82) is 0 Å². The smallest absolute Gasteiger partial charge is 0.152 e. The minimum absolute atomic E-state index is 0.267. The zero-order chi connectivity index (χ0) is 8.72. The number of fused-ring (bicyclic) bond motifs is 1. The molecular formula is C7H3BrClFN2. The van der Waals surface area contributed by atoms with Crippen molar-refractivity contribution in [2.75, 3.05) is 0 Å². The minimum Gasteiger partial charge on any atom is -0.266 e. The number of benzene rings is 1. The van der Waals surface area contributed by atoms with Crippen molar-refractivity contribution in [3.63, 3.8) is 0 Å². The number of halogens is 3. The monoisotopic (exact) mass is 248 g/mol. The van der Waals surface area contributed by atoms with E-state index in [1.165, 1.54) is 6.07 Å². The van der Waals surface area contributed by atoms with Gasteiger partial charge in [0.1, 0.15) is 10.7 Å².